The molecular formula is C21H19ClF4O. The van der Waals surface area contributed by atoms with Gasteiger partial charge in [0.2, 0.25) is 0 Å². The summed E-state index contributed by atoms with van der Waals surface area (Å²) in [6, 6.07) is 7.07. The second kappa shape index (κ2) is 8.26. The Hall–Kier alpha value is -2.14. The minimum Gasteiger partial charge on any atom is -0.295 e. The first-order chi connectivity index (χ1) is 12.5. The monoisotopic (exact) mass is 398 g/mol. The first-order valence-corrected chi connectivity index (χ1v) is 8.76. The Morgan fingerprint density at radius 2 is 1.89 bits per heavy atom. The highest BCUT2D eigenvalue weighted by Crippen LogP contribution is 2.38. The highest BCUT2D eigenvalue weighted by atomic mass is 35.5. The van der Waals surface area contributed by atoms with E-state index < -0.39 is 17.9 Å². The molecule has 1 unspecified atom stereocenters. The number of aryl methyl sites for hydroxylation is 2. The summed E-state index contributed by atoms with van der Waals surface area (Å²) in [6.45, 7) is 4.69. The zero-order valence-electron chi connectivity index (χ0n) is 15.1. The van der Waals surface area contributed by atoms with Crippen LogP contribution in [0, 0.1) is 12.7 Å². The van der Waals surface area contributed by atoms with Crippen LogP contribution in [0.5, 0.6) is 0 Å². The molecule has 0 bridgehead atoms. The fraction of sp³-hybridized carbons (Fsp3) is 0.286. The molecule has 2 rings (SSSR count). The fourth-order valence-corrected chi connectivity index (χ4v) is 3.18. The highest BCUT2D eigenvalue weighted by Gasteiger charge is 2.39. The van der Waals surface area contributed by atoms with E-state index in [0.717, 1.165) is 23.8 Å². The molecule has 0 spiro atoms. The van der Waals surface area contributed by atoms with Gasteiger partial charge in [-0.05, 0) is 48.6 Å². The van der Waals surface area contributed by atoms with Crippen molar-refractivity contribution in [3.8, 4) is 0 Å². The van der Waals surface area contributed by atoms with Crippen LogP contribution < -0.4 is 0 Å². The summed E-state index contributed by atoms with van der Waals surface area (Å²) in [5.41, 5.74) is 1.81. The number of rotatable bonds is 5. The molecule has 0 aliphatic rings. The van der Waals surface area contributed by atoms with E-state index in [1.165, 1.54) is 19.9 Å². The van der Waals surface area contributed by atoms with Gasteiger partial charge in [-0.15, -0.1) is 0 Å². The van der Waals surface area contributed by atoms with Gasteiger partial charge in [-0.1, -0.05) is 54.9 Å². The first-order valence-electron chi connectivity index (χ1n) is 8.39. The Kier molecular flexibility index (Phi) is 6.47. The van der Waals surface area contributed by atoms with Crippen molar-refractivity contribution in [1.82, 2.24) is 0 Å². The zero-order valence-corrected chi connectivity index (χ0v) is 15.9. The molecule has 0 saturated carbocycles. The molecule has 0 N–H and O–H groups in total. The third kappa shape index (κ3) is 4.98. The maximum absolute atomic E-state index is 13.6. The first kappa shape index (κ1) is 21.2. The number of carbonyl (C=O) groups is 1. The lowest BCUT2D eigenvalue weighted by Gasteiger charge is -2.18. The van der Waals surface area contributed by atoms with E-state index in [1.54, 1.807) is 18.2 Å². The van der Waals surface area contributed by atoms with Gasteiger partial charge in [0.15, 0.2) is 5.78 Å². The molecule has 6 heteroatoms. The summed E-state index contributed by atoms with van der Waals surface area (Å²) in [5.74, 6) is -2.74. The minimum absolute atomic E-state index is 0.0548. The van der Waals surface area contributed by atoms with Crippen molar-refractivity contribution in [2.75, 3.05) is 0 Å². The van der Waals surface area contributed by atoms with Gasteiger partial charge in [-0.3, -0.25) is 4.79 Å². The molecule has 1 nitrogen and oxygen atoms in total. The number of alkyl halides is 3. The van der Waals surface area contributed by atoms with Gasteiger partial charge in [-0.25, -0.2) is 4.39 Å². The van der Waals surface area contributed by atoms with Gasteiger partial charge in [0, 0.05) is 5.56 Å². The molecule has 0 aliphatic heterocycles. The van der Waals surface area contributed by atoms with Crippen LogP contribution in [-0.4, -0.2) is 12.0 Å². The van der Waals surface area contributed by atoms with Crippen LogP contribution in [0.2, 0.25) is 5.02 Å². The predicted octanol–water partition coefficient (Wildman–Crippen LogP) is 6.91. The SMILES string of the molecule is CCc1cc(/C=C/C(c2cc(C)c(F)c(Cl)c2)C(F)(F)F)ccc1C(C)=O. The van der Waals surface area contributed by atoms with Crippen LogP contribution in [0.1, 0.15) is 52.4 Å². The highest BCUT2D eigenvalue weighted by molar-refractivity contribution is 6.30. The second-order valence-electron chi connectivity index (χ2n) is 6.34. The van der Waals surface area contributed by atoms with Crippen molar-refractivity contribution in [3.63, 3.8) is 0 Å². The largest absolute Gasteiger partial charge is 0.399 e. The Balaban J connectivity index is 2.45. The maximum atomic E-state index is 13.6. The van der Waals surface area contributed by atoms with Crippen LogP contribution in [0.25, 0.3) is 6.08 Å². The van der Waals surface area contributed by atoms with Crippen molar-refractivity contribution in [3.05, 3.63) is 75.1 Å². The number of carbonyl (C=O) groups excluding carboxylic acids is 1. The van der Waals surface area contributed by atoms with Crippen LogP contribution in [0.4, 0.5) is 17.6 Å². The van der Waals surface area contributed by atoms with Gasteiger partial charge in [-0.2, -0.15) is 13.2 Å². The normalized spacial score (nSPS) is 13.2. The lowest BCUT2D eigenvalue weighted by atomic mass is 9.94. The van der Waals surface area contributed by atoms with Gasteiger partial charge in [0.1, 0.15) is 5.82 Å². The van der Waals surface area contributed by atoms with Crippen molar-refractivity contribution >= 4 is 23.5 Å². The zero-order chi connectivity index (χ0) is 20.4. The molecule has 0 aromatic heterocycles. The predicted molar refractivity (Wildman–Crippen MR) is 99.8 cm³/mol. The molecule has 0 aliphatic carbocycles. The number of halogens is 5. The average molecular weight is 399 g/mol. The standard InChI is InChI=1S/C21H19ClF4O/c1-4-15-10-14(5-7-17(15)13(3)27)6-8-18(21(24,25)26)16-9-12(2)20(23)19(22)11-16/h5-11,18H,4H2,1-3H3/b8-6+. The topological polar surface area (TPSA) is 17.1 Å². The van der Waals surface area contributed by atoms with E-state index in [0.29, 0.717) is 17.5 Å². The van der Waals surface area contributed by atoms with Gasteiger partial charge >= 0.3 is 6.18 Å². The molecule has 0 saturated heterocycles. The fourth-order valence-electron chi connectivity index (χ4n) is 2.90. The van der Waals surface area contributed by atoms with Gasteiger partial charge in [0.05, 0.1) is 10.9 Å². The summed E-state index contributed by atoms with van der Waals surface area (Å²) < 4.78 is 54.3. The molecule has 144 valence electrons. The summed E-state index contributed by atoms with van der Waals surface area (Å²) in [7, 11) is 0. The van der Waals surface area contributed by atoms with E-state index in [4.69, 9.17) is 11.6 Å². The summed E-state index contributed by atoms with van der Waals surface area (Å²) in [6.07, 6.45) is -1.60. The smallest absolute Gasteiger partial charge is 0.295 e. The Bertz CT molecular complexity index is 861. The van der Waals surface area contributed by atoms with Crippen LogP contribution in [0.3, 0.4) is 0 Å². The van der Waals surface area contributed by atoms with E-state index in [2.05, 4.69) is 0 Å². The molecule has 0 fully saturated rings. The summed E-state index contributed by atoms with van der Waals surface area (Å²) in [4.78, 5) is 11.6. The Morgan fingerprint density at radius 3 is 2.41 bits per heavy atom. The number of benzene rings is 2. The van der Waals surface area contributed by atoms with Crippen molar-refractivity contribution < 1.29 is 22.4 Å². The molecule has 0 heterocycles. The molecule has 2 aromatic carbocycles. The molecule has 0 amide bonds. The van der Waals surface area contributed by atoms with Crippen LogP contribution in [0.15, 0.2) is 36.4 Å². The van der Waals surface area contributed by atoms with E-state index in [1.807, 2.05) is 6.92 Å². The lowest BCUT2D eigenvalue weighted by Crippen LogP contribution is -2.19. The number of allylic oxidation sites excluding steroid dienone is 1. The lowest BCUT2D eigenvalue weighted by molar-refractivity contribution is -0.139. The Morgan fingerprint density at radius 1 is 1.22 bits per heavy atom. The van der Waals surface area contributed by atoms with Crippen molar-refractivity contribution in [2.24, 2.45) is 0 Å². The van der Waals surface area contributed by atoms with E-state index >= 15 is 0 Å². The number of ketones is 1. The van der Waals surface area contributed by atoms with Gasteiger partial charge in [0.25, 0.3) is 0 Å². The van der Waals surface area contributed by atoms with Crippen LogP contribution in [-0.2, 0) is 6.42 Å². The second-order valence-corrected chi connectivity index (χ2v) is 6.75. The summed E-state index contributed by atoms with van der Waals surface area (Å²) >= 11 is 5.72. The maximum Gasteiger partial charge on any atom is 0.399 e. The quantitative estimate of drug-likeness (QED) is 0.395. The van der Waals surface area contributed by atoms with Gasteiger partial charge < -0.3 is 0 Å². The molecule has 2 aromatic rings. The number of hydrogen-bond donors (Lipinski definition) is 0. The minimum atomic E-state index is -4.56. The molecule has 27 heavy (non-hydrogen) atoms. The number of hydrogen-bond acceptors (Lipinski definition) is 1. The van der Waals surface area contributed by atoms with Crippen molar-refractivity contribution in [2.45, 2.75) is 39.3 Å². The number of Topliss-reactive ketones (excluding diaryl/α,β-unsaturated/α-hetero) is 1. The Labute approximate surface area is 160 Å². The average Bonchev–Trinajstić information content (AvgIpc) is 2.58. The third-order valence-electron chi connectivity index (χ3n) is 4.31. The molecule has 0 radical (unpaired) electrons. The van der Waals surface area contributed by atoms with Crippen molar-refractivity contribution in [1.29, 1.82) is 0 Å². The van der Waals surface area contributed by atoms with Crippen LogP contribution >= 0.6 is 11.6 Å². The van der Waals surface area contributed by atoms with E-state index in [-0.39, 0.29) is 21.9 Å². The molecular weight excluding hydrogens is 380 g/mol. The third-order valence-corrected chi connectivity index (χ3v) is 4.59. The summed E-state index contributed by atoms with van der Waals surface area (Å²) in [5, 5.41) is -0.341. The van der Waals surface area contributed by atoms with E-state index in [9.17, 15) is 22.4 Å². The molecule has 1 atom stereocenters.